The predicted octanol–water partition coefficient (Wildman–Crippen LogP) is 2.82. The van der Waals surface area contributed by atoms with E-state index in [0.717, 1.165) is 25.1 Å². The lowest BCUT2D eigenvalue weighted by Crippen LogP contribution is -2.22. The molecule has 3 N–H and O–H groups in total. The molecule has 19 heavy (non-hydrogen) atoms. The molecule has 0 atom stereocenters. The molecular formula is C15H25N3O. The molecule has 1 aromatic carbocycles. The Kier molecular flexibility index (Phi) is 5.67. The highest BCUT2D eigenvalue weighted by Gasteiger charge is 2.10. The Morgan fingerprint density at radius 1 is 1.32 bits per heavy atom. The molecule has 0 aliphatic rings. The van der Waals surface area contributed by atoms with E-state index in [-0.39, 0.29) is 5.91 Å². The Balaban J connectivity index is 2.75. The lowest BCUT2D eigenvalue weighted by atomic mass is 10.0. The molecule has 0 aromatic heterocycles. The van der Waals surface area contributed by atoms with Gasteiger partial charge in [0, 0.05) is 26.2 Å². The Morgan fingerprint density at radius 3 is 2.42 bits per heavy atom. The van der Waals surface area contributed by atoms with E-state index >= 15 is 0 Å². The van der Waals surface area contributed by atoms with Crippen LogP contribution in [-0.2, 0) is 0 Å². The summed E-state index contributed by atoms with van der Waals surface area (Å²) in [5.74, 6) is 0.626. The Bertz CT molecular complexity index is 425. The van der Waals surface area contributed by atoms with E-state index < -0.39 is 0 Å². The zero-order valence-electron chi connectivity index (χ0n) is 12.4. The van der Waals surface area contributed by atoms with Crippen molar-refractivity contribution in [3.63, 3.8) is 0 Å². The van der Waals surface area contributed by atoms with Gasteiger partial charge in [0.1, 0.15) is 0 Å². The first-order valence-electron chi connectivity index (χ1n) is 6.84. The molecule has 0 saturated heterocycles. The number of hydrogen-bond donors (Lipinski definition) is 2. The number of benzene rings is 1. The van der Waals surface area contributed by atoms with Crippen molar-refractivity contribution in [3.8, 4) is 0 Å². The number of anilines is 2. The first-order chi connectivity index (χ1) is 8.99. The van der Waals surface area contributed by atoms with E-state index in [4.69, 9.17) is 5.73 Å². The van der Waals surface area contributed by atoms with Crippen molar-refractivity contribution in [1.29, 1.82) is 0 Å². The average molecular weight is 263 g/mol. The van der Waals surface area contributed by atoms with Gasteiger partial charge in [0.15, 0.2) is 0 Å². The minimum Gasteiger partial charge on any atom is -0.397 e. The molecule has 1 amide bonds. The summed E-state index contributed by atoms with van der Waals surface area (Å²) in [6.45, 7) is 5.30. The maximum atomic E-state index is 11.8. The van der Waals surface area contributed by atoms with Gasteiger partial charge in [-0.3, -0.25) is 4.79 Å². The number of carbonyl (C=O) groups is 1. The number of nitrogen functional groups attached to an aromatic ring is 1. The number of nitrogens with one attached hydrogen (secondary N) is 1. The van der Waals surface area contributed by atoms with Gasteiger partial charge >= 0.3 is 0 Å². The minimum atomic E-state index is -0.0294. The molecule has 0 aliphatic heterocycles. The van der Waals surface area contributed by atoms with Gasteiger partial charge in [0.25, 0.3) is 5.91 Å². The monoisotopic (exact) mass is 263 g/mol. The second kappa shape index (κ2) is 7.02. The van der Waals surface area contributed by atoms with Crippen molar-refractivity contribution in [1.82, 2.24) is 4.90 Å². The van der Waals surface area contributed by atoms with Gasteiger partial charge in [-0.1, -0.05) is 26.7 Å². The zero-order valence-corrected chi connectivity index (χ0v) is 12.4. The molecule has 0 saturated carbocycles. The Labute approximate surface area is 116 Å². The standard InChI is InChI=1S/C15H25N3O/c1-5-11(6-2)10-17-14-8-7-12(9-13(14)16)15(19)18(3)4/h7-9,11,17H,5-6,10,16H2,1-4H3. The van der Waals surface area contributed by atoms with Gasteiger partial charge in [0.2, 0.25) is 0 Å². The van der Waals surface area contributed by atoms with Crippen molar-refractivity contribution < 1.29 is 4.79 Å². The van der Waals surface area contributed by atoms with Gasteiger partial charge in [-0.2, -0.15) is 0 Å². The summed E-state index contributed by atoms with van der Waals surface area (Å²) >= 11 is 0. The van der Waals surface area contributed by atoms with Crippen LogP contribution in [0.2, 0.25) is 0 Å². The summed E-state index contributed by atoms with van der Waals surface area (Å²) in [5, 5.41) is 3.36. The van der Waals surface area contributed by atoms with Crippen molar-refractivity contribution >= 4 is 17.3 Å². The summed E-state index contributed by atoms with van der Waals surface area (Å²) in [6.07, 6.45) is 2.31. The third-order valence-corrected chi connectivity index (χ3v) is 3.44. The largest absolute Gasteiger partial charge is 0.397 e. The summed E-state index contributed by atoms with van der Waals surface area (Å²) in [5.41, 5.74) is 8.14. The predicted molar refractivity (Wildman–Crippen MR) is 81.4 cm³/mol. The van der Waals surface area contributed by atoms with E-state index in [1.165, 1.54) is 0 Å². The van der Waals surface area contributed by atoms with Crippen LogP contribution in [0.4, 0.5) is 11.4 Å². The molecule has 4 nitrogen and oxygen atoms in total. The van der Waals surface area contributed by atoms with Crippen LogP contribution in [0.25, 0.3) is 0 Å². The van der Waals surface area contributed by atoms with Crippen molar-refractivity contribution in [2.75, 3.05) is 31.7 Å². The SMILES string of the molecule is CCC(CC)CNc1ccc(C(=O)N(C)C)cc1N. The number of rotatable bonds is 6. The maximum absolute atomic E-state index is 11.8. The van der Waals surface area contributed by atoms with Gasteiger partial charge in [-0.05, 0) is 24.1 Å². The van der Waals surface area contributed by atoms with Crippen LogP contribution in [-0.4, -0.2) is 31.4 Å². The molecule has 0 spiro atoms. The maximum Gasteiger partial charge on any atom is 0.253 e. The summed E-state index contributed by atoms with van der Waals surface area (Å²) in [6, 6.07) is 5.43. The molecule has 0 unspecified atom stereocenters. The van der Waals surface area contributed by atoms with Crippen molar-refractivity contribution in [2.45, 2.75) is 26.7 Å². The molecule has 0 bridgehead atoms. The summed E-state index contributed by atoms with van der Waals surface area (Å²) in [4.78, 5) is 13.4. The lowest BCUT2D eigenvalue weighted by Gasteiger charge is -2.17. The quantitative estimate of drug-likeness (QED) is 0.776. The summed E-state index contributed by atoms with van der Waals surface area (Å²) < 4.78 is 0. The highest BCUT2D eigenvalue weighted by Crippen LogP contribution is 2.21. The third kappa shape index (κ3) is 4.16. The minimum absolute atomic E-state index is 0.0294. The fourth-order valence-corrected chi connectivity index (χ4v) is 1.95. The Hall–Kier alpha value is -1.71. The number of carbonyl (C=O) groups excluding carboxylic acids is 1. The van der Waals surface area contributed by atoms with Gasteiger partial charge in [0.05, 0.1) is 11.4 Å². The highest BCUT2D eigenvalue weighted by atomic mass is 16.2. The van der Waals surface area contributed by atoms with Crippen LogP contribution in [0.3, 0.4) is 0 Å². The zero-order chi connectivity index (χ0) is 14.4. The molecule has 1 rings (SSSR count). The van der Waals surface area contributed by atoms with Gasteiger partial charge < -0.3 is 16.0 Å². The molecule has 4 heteroatoms. The summed E-state index contributed by atoms with van der Waals surface area (Å²) in [7, 11) is 3.47. The smallest absolute Gasteiger partial charge is 0.253 e. The van der Waals surface area contributed by atoms with Crippen LogP contribution in [0.15, 0.2) is 18.2 Å². The lowest BCUT2D eigenvalue weighted by molar-refractivity contribution is 0.0827. The normalized spacial score (nSPS) is 10.6. The number of nitrogens with two attached hydrogens (primary N) is 1. The Morgan fingerprint density at radius 2 is 1.95 bits per heavy atom. The number of amides is 1. The molecule has 0 aliphatic carbocycles. The van der Waals surface area contributed by atoms with Gasteiger partial charge in [-0.15, -0.1) is 0 Å². The van der Waals surface area contributed by atoms with Crippen molar-refractivity contribution in [2.24, 2.45) is 5.92 Å². The third-order valence-electron chi connectivity index (χ3n) is 3.44. The average Bonchev–Trinajstić information content (AvgIpc) is 2.40. The molecule has 1 aromatic rings. The van der Waals surface area contributed by atoms with Crippen LogP contribution in [0, 0.1) is 5.92 Å². The van der Waals surface area contributed by atoms with E-state index in [1.807, 2.05) is 12.1 Å². The van der Waals surface area contributed by atoms with Crippen LogP contribution < -0.4 is 11.1 Å². The van der Waals surface area contributed by atoms with E-state index in [2.05, 4.69) is 19.2 Å². The van der Waals surface area contributed by atoms with Crippen LogP contribution in [0.1, 0.15) is 37.0 Å². The second-order valence-electron chi connectivity index (χ2n) is 5.07. The van der Waals surface area contributed by atoms with Crippen LogP contribution >= 0.6 is 0 Å². The van der Waals surface area contributed by atoms with Gasteiger partial charge in [-0.25, -0.2) is 0 Å². The molecule has 0 radical (unpaired) electrons. The first-order valence-corrected chi connectivity index (χ1v) is 6.84. The highest BCUT2D eigenvalue weighted by molar-refractivity contribution is 5.95. The van der Waals surface area contributed by atoms with Crippen molar-refractivity contribution in [3.05, 3.63) is 23.8 Å². The molecule has 0 heterocycles. The molecular weight excluding hydrogens is 238 g/mol. The molecule has 106 valence electrons. The van der Waals surface area contributed by atoms with Crippen LogP contribution in [0.5, 0.6) is 0 Å². The number of hydrogen-bond acceptors (Lipinski definition) is 3. The van der Waals surface area contributed by atoms with E-state index in [1.54, 1.807) is 25.1 Å². The van der Waals surface area contributed by atoms with E-state index in [0.29, 0.717) is 17.2 Å². The molecule has 0 fully saturated rings. The first kappa shape index (κ1) is 15.3. The second-order valence-corrected chi connectivity index (χ2v) is 5.07. The fourth-order valence-electron chi connectivity index (χ4n) is 1.95. The topological polar surface area (TPSA) is 58.4 Å². The van der Waals surface area contributed by atoms with E-state index in [9.17, 15) is 4.79 Å². The fraction of sp³-hybridized carbons (Fsp3) is 0.533. The number of nitrogens with zero attached hydrogens (tertiary/aromatic N) is 1.